The highest BCUT2D eigenvalue weighted by atomic mass is 32.1. The van der Waals surface area contributed by atoms with Gasteiger partial charge in [-0.05, 0) is 24.8 Å². The lowest BCUT2D eigenvalue weighted by molar-refractivity contribution is 0.0971. The van der Waals surface area contributed by atoms with E-state index in [1.54, 1.807) is 29.8 Å². The molecule has 0 saturated heterocycles. The van der Waals surface area contributed by atoms with Gasteiger partial charge in [-0.15, -0.1) is 22.7 Å². The van der Waals surface area contributed by atoms with Crippen LogP contribution in [0.5, 0.6) is 0 Å². The van der Waals surface area contributed by atoms with Gasteiger partial charge in [-0.25, -0.2) is 4.98 Å². The predicted molar refractivity (Wildman–Crippen MR) is 84.3 cm³/mol. The number of aliphatic hydroxyl groups is 1. The van der Waals surface area contributed by atoms with Gasteiger partial charge in [0.1, 0.15) is 5.01 Å². The van der Waals surface area contributed by atoms with E-state index in [1.807, 2.05) is 12.3 Å². The molecule has 0 amide bonds. The zero-order valence-corrected chi connectivity index (χ0v) is 13.4. The molecular weight excluding hydrogens is 292 g/mol. The second-order valence-corrected chi connectivity index (χ2v) is 6.99. The SMILES string of the molecule is COCC(C)(CCO)NCc1cnc(-c2cccs2)s1. The van der Waals surface area contributed by atoms with E-state index in [0.29, 0.717) is 13.0 Å². The number of nitrogens with zero attached hydrogens (tertiary/aromatic N) is 1. The Balaban J connectivity index is 1.96. The summed E-state index contributed by atoms with van der Waals surface area (Å²) in [5.74, 6) is 0. The highest BCUT2D eigenvalue weighted by Gasteiger charge is 2.23. The highest BCUT2D eigenvalue weighted by Crippen LogP contribution is 2.29. The zero-order valence-electron chi connectivity index (χ0n) is 11.8. The molecule has 0 spiro atoms. The summed E-state index contributed by atoms with van der Waals surface area (Å²) in [5.41, 5.74) is -0.212. The quantitative estimate of drug-likeness (QED) is 0.787. The third-order valence-electron chi connectivity index (χ3n) is 3.10. The first-order valence-electron chi connectivity index (χ1n) is 6.50. The summed E-state index contributed by atoms with van der Waals surface area (Å²) in [6.45, 7) is 3.52. The Kier molecular flexibility index (Phi) is 5.68. The molecule has 4 nitrogen and oxygen atoms in total. The van der Waals surface area contributed by atoms with Crippen molar-refractivity contribution >= 4 is 22.7 Å². The summed E-state index contributed by atoms with van der Waals surface area (Å²) < 4.78 is 5.23. The van der Waals surface area contributed by atoms with Crippen molar-refractivity contribution in [3.63, 3.8) is 0 Å². The first-order chi connectivity index (χ1) is 9.67. The van der Waals surface area contributed by atoms with Crippen molar-refractivity contribution in [3.8, 4) is 9.88 Å². The van der Waals surface area contributed by atoms with Gasteiger partial charge in [-0.3, -0.25) is 0 Å². The number of aliphatic hydroxyl groups excluding tert-OH is 1. The number of rotatable bonds is 8. The van der Waals surface area contributed by atoms with Crippen LogP contribution < -0.4 is 5.32 Å². The smallest absolute Gasteiger partial charge is 0.133 e. The molecule has 2 heterocycles. The molecule has 2 rings (SSSR count). The van der Waals surface area contributed by atoms with Crippen molar-refractivity contribution in [1.82, 2.24) is 10.3 Å². The average molecular weight is 312 g/mol. The van der Waals surface area contributed by atoms with Gasteiger partial charge in [0.25, 0.3) is 0 Å². The van der Waals surface area contributed by atoms with Crippen LogP contribution in [0, 0.1) is 0 Å². The number of hydrogen-bond donors (Lipinski definition) is 2. The summed E-state index contributed by atoms with van der Waals surface area (Å²) in [6.07, 6.45) is 2.58. The first-order valence-corrected chi connectivity index (χ1v) is 8.20. The molecule has 6 heteroatoms. The van der Waals surface area contributed by atoms with E-state index in [0.717, 1.165) is 11.6 Å². The number of hydrogen-bond acceptors (Lipinski definition) is 6. The third-order valence-corrected chi connectivity index (χ3v) is 5.14. The molecule has 0 aromatic carbocycles. The Labute approximate surface area is 127 Å². The molecule has 1 unspecified atom stereocenters. The number of thiophene rings is 1. The number of thiazole rings is 1. The minimum atomic E-state index is -0.212. The minimum absolute atomic E-state index is 0.149. The summed E-state index contributed by atoms with van der Waals surface area (Å²) in [5, 5.41) is 15.7. The van der Waals surface area contributed by atoms with Gasteiger partial charge in [-0.2, -0.15) is 0 Å². The van der Waals surface area contributed by atoms with E-state index in [-0.39, 0.29) is 12.1 Å². The molecule has 20 heavy (non-hydrogen) atoms. The summed E-state index contributed by atoms with van der Waals surface area (Å²) in [7, 11) is 1.68. The van der Waals surface area contributed by atoms with Crippen LogP contribution in [0.25, 0.3) is 9.88 Å². The molecule has 110 valence electrons. The van der Waals surface area contributed by atoms with E-state index in [9.17, 15) is 0 Å². The number of methoxy groups -OCH3 is 1. The summed E-state index contributed by atoms with van der Waals surface area (Å²) in [6, 6.07) is 4.12. The van der Waals surface area contributed by atoms with Crippen molar-refractivity contribution in [1.29, 1.82) is 0 Å². The van der Waals surface area contributed by atoms with Crippen LogP contribution in [0.3, 0.4) is 0 Å². The Morgan fingerprint density at radius 2 is 2.35 bits per heavy atom. The van der Waals surface area contributed by atoms with Crippen LogP contribution in [-0.2, 0) is 11.3 Å². The first kappa shape index (κ1) is 15.6. The molecule has 1 atom stereocenters. The molecule has 0 aliphatic rings. The molecule has 2 aromatic rings. The molecule has 0 radical (unpaired) electrons. The Hall–Kier alpha value is -0.790. The molecular formula is C14H20N2O2S2. The predicted octanol–water partition coefficient (Wildman–Crippen LogP) is 2.75. The maximum absolute atomic E-state index is 9.15. The van der Waals surface area contributed by atoms with Gasteiger partial charge in [0.2, 0.25) is 0 Å². The van der Waals surface area contributed by atoms with E-state index < -0.39 is 0 Å². The maximum Gasteiger partial charge on any atom is 0.133 e. The van der Waals surface area contributed by atoms with Crippen LogP contribution in [0.2, 0.25) is 0 Å². The fraction of sp³-hybridized carbons (Fsp3) is 0.500. The molecule has 0 saturated carbocycles. The summed E-state index contributed by atoms with van der Waals surface area (Å²) >= 11 is 3.40. The normalized spacial score (nSPS) is 14.3. The van der Waals surface area contributed by atoms with Crippen LogP contribution in [0.15, 0.2) is 23.7 Å². The standard InChI is InChI=1S/C14H20N2O2S2/c1-14(5-6-17,10-18-2)16-9-11-8-15-13(20-11)12-4-3-7-19-12/h3-4,7-8,16-17H,5-6,9-10H2,1-2H3. The molecule has 0 aliphatic heterocycles. The molecule has 2 aromatic heterocycles. The Morgan fingerprint density at radius 1 is 1.50 bits per heavy atom. The van der Waals surface area contributed by atoms with Gasteiger partial charge in [0, 0.05) is 36.9 Å². The van der Waals surface area contributed by atoms with Crippen molar-refractivity contribution < 1.29 is 9.84 Å². The monoisotopic (exact) mass is 312 g/mol. The van der Waals surface area contributed by atoms with Crippen molar-refractivity contribution in [3.05, 3.63) is 28.6 Å². The fourth-order valence-electron chi connectivity index (χ4n) is 1.98. The molecule has 0 fully saturated rings. The third kappa shape index (κ3) is 4.10. The van der Waals surface area contributed by atoms with Gasteiger partial charge >= 0.3 is 0 Å². The van der Waals surface area contributed by atoms with Gasteiger partial charge in [0.15, 0.2) is 0 Å². The lowest BCUT2D eigenvalue weighted by Crippen LogP contribution is -2.46. The van der Waals surface area contributed by atoms with Gasteiger partial charge in [-0.1, -0.05) is 6.07 Å². The van der Waals surface area contributed by atoms with E-state index >= 15 is 0 Å². The zero-order chi connectivity index (χ0) is 14.4. The molecule has 0 bridgehead atoms. The largest absolute Gasteiger partial charge is 0.396 e. The van der Waals surface area contributed by atoms with Gasteiger partial charge in [0.05, 0.1) is 11.5 Å². The van der Waals surface area contributed by atoms with Crippen molar-refractivity contribution in [2.75, 3.05) is 20.3 Å². The molecule has 2 N–H and O–H groups in total. The lowest BCUT2D eigenvalue weighted by atomic mass is 9.99. The van der Waals surface area contributed by atoms with Crippen molar-refractivity contribution in [2.45, 2.75) is 25.4 Å². The number of aromatic nitrogens is 1. The summed E-state index contributed by atoms with van der Waals surface area (Å²) in [4.78, 5) is 6.85. The van der Waals surface area contributed by atoms with Gasteiger partial charge < -0.3 is 15.2 Å². The molecule has 0 aliphatic carbocycles. The Bertz CT molecular complexity index is 505. The van der Waals surface area contributed by atoms with E-state index in [2.05, 4.69) is 28.7 Å². The fourth-order valence-corrected chi connectivity index (χ4v) is 3.64. The lowest BCUT2D eigenvalue weighted by Gasteiger charge is -2.29. The second-order valence-electron chi connectivity index (χ2n) is 4.93. The van der Waals surface area contributed by atoms with Crippen LogP contribution in [0.4, 0.5) is 0 Å². The minimum Gasteiger partial charge on any atom is -0.396 e. The topological polar surface area (TPSA) is 54.4 Å². The number of nitrogens with one attached hydrogen (secondary N) is 1. The maximum atomic E-state index is 9.15. The van der Waals surface area contributed by atoms with E-state index in [1.165, 1.54) is 9.75 Å². The van der Waals surface area contributed by atoms with Crippen LogP contribution in [0.1, 0.15) is 18.2 Å². The van der Waals surface area contributed by atoms with Crippen LogP contribution >= 0.6 is 22.7 Å². The Morgan fingerprint density at radius 3 is 3.00 bits per heavy atom. The van der Waals surface area contributed by atoms with Crippen LogP contribution in [-0.4, -0.2) is 36.0 Å². The average Bonchev–Trinajstić information content (AvgIpc) is 3.08. The second kappa shape index (κ2) is 7.28. The highest BCUT2D eigenvalue weighted by molar-refractivity contribution is 7.20. The van der Waals surface area contributed by atoms with Crippen molar-refractivity contribution in [2.24, 2.45) is 0 Å². The van der Waals surface area contributed by atoms with E-state index in [4.69, 9.17) is 9.84 Å². The number of ether oxygens (including phenoxy) is 1.